The minimum atomic E-state index is 0.192. The Labute approximate surface area is 114 Å². The first-order chi connectivity index (χ1) is 8.48. The molecule has 0 bridgehead atoms. The standard InChI is InChI=1S/C15H20ClNO/c1-12(18)17-9-3-8-15(2,11-17)10-13-4-6-14(16)7-5-13/h4-7H,3,8-11H2,1-2H3. The van der Waals surface area contributed by atoms with Crippen LogP contribution in [0.5, 0.6) is 0 Å². The van der Waals surface area contributed by atoms with Gasteiger partial charge in [0.1, 0.15) is 0 Å². The van der Waals surface area contributed by atoms with Crippen molar-refractivity contribution in [3.63, 3.8) is 0 Å². The molecular formula is C15H20ClNO. The molecule has 1 saturated heterocycles. The lowest BCUT2D eigenvalue weighted by molar-refractivity contribution is -0.132. The molecule has 18 heavy (non-hydrogen) atoms. The highest BCUT2D eigenvalue weighted by molar-refractivity contribution is 6.30. The first kappa shape index (κ1) is 13.4. The summed E-state index contributed by atoms with van der Waals surface area (Å²) in [6.45, 7) is 5.71. The van der Waals surface area contributed by atoms with Crippen molar-refractivity contribution in [2.45, 2.75) is 33.1 Å². The molecule has 0 aliphatic carbocycles. The summed E-state index contributed by atoms with van der Waals surface area (Å²) in [7, 11) is 0. The molecule has 1 heterocycles. The van der Waals surface area contributed by atoms with E-state index in [9.17, 15) is 4.79 Å². The molecule has 0 N–H and O–H groups in total. The van der Waals surface area contributed by atoms with E-state index in [-0.39, 0.29) is 11.3 Å². The maximum absolute atomic E-state index is 11.5. The molecule has 1 aliphatic rings. The SMILES string of the molecule is CC(=O)N1CCCC(C)(Cc2ccc(Cl)cc2)C1. The quantitative estimate of drug-likeness (QED) is 0.801. The maximum Gasteiger partial charge on any atom is 0.219 e. The Hall–Kier alpha value is -1.02. The monoisotopic (exact) mass is 265 g/mol. The van der Waals surface area contributed by atoms with Crippen molar-refractivity contribution in [3.05, 3.63) is 34.9 Å². The van der Waals surface area contributed by atoms with Crippen LogP contribution in [-0.2, 0) is 11.2 Å². The van der Waals surface area contributed by atoms with Crippen LogP contribution in [0.3, 0.4) is 0 Å². The van der Waals surface area contributed by atoms with Gasteiger partial charge in [-0.15, -0.1) is 0 Å². The Bertz CT molecular complexity index is 429. The van der Waals surface area contributed by atoms with E-state index in [1.165, 1.54) is 12.0 Å². The minimum absolute atomic E-state index is 0.192. The van der Waals surface area contributed by atoms with Crippen LogP contribution in [0, 0.1) is 5.41 Å². The lowest BCUT2D eigenvalue weighted by atomic mass is 9.77. The lowest BCUT2D eigenvalue weighted by Crippen LogP contribution is -2.44. The van der Waals surface area contributed by atoms with Crippen molar-refractivity contribution in [1.29, 1.82) is 0 Å². The minimum Gasteiger partial charge on any atom is -0.342 e. The molecule has 1 fully saturated rings. The van der Waals surface area contributed by atoms with Gasteiger partial charge in [-0.25, -0.2) is 0 Å². The highest BCUT2D eigenvalue weighted by Crippen LogP contribution is 2.33. The second kappa shape index (κ2) is 5.31. The van der Waals surface area contributed by atoms with E-state index in [1.807, 2.05) is 17.0 Å². The van der Waals surface area contributed by atoms with Crippen molar-refractivity contribution < 1.29 is 4.79 Å². The Morgan fingerprint density at radius 1 is 1.39 bits per heavy atom. The Morgan fingerprint density at radius 2 is 2.06 bits per heavy atom. The van der Waals surface area contributed by atoms with Crippen LogP contribution in [0.1, 0.15) is 32.3 Å². The van der Waals surface area contributed by atoms with Gasteiger partial charge in [-0.2, -0.15) is 0 Å². The molecule has 0 aromatic heterocycles. The molecule has 1 aliphatic heterocycles. The van der Waals surface area contributed by atoms with E-state index in [0.29, 0.717) is 0 Å². The van der Waals surface area contributed by atoms with E-state index in [2.05, 4.69) is 19.1 Å². The summed E-state index contributed by atoms with van der Waals surface area (Å²) in [6, 6.07) is 8.04. The number of carbonyl (C=O) groups is 1. The number of halogens is 1. The number of nitrogens with zero attached hydrogens (tertiary/aromatic N) is 1. The van der Waals surface area contributed by atoms with Crippen molar-refractivity contribution in [1.82, 2.24) is 4.90 Å². The normalized spacial score (nSPS) is 24.1. The summed E-state index contributed by atoms with van der Waals surface area (Å²) in [5.41, 5.74) is 1.49. The second-order valence-corrected chi connectivity index (χ2v) is 6.09. The van der Waals surface area contributed by atoms with Crippen molar-refractivity contribution in [2.75, 3.05) is 13.1 Å². The van der Waals surface area contributed by atoms with Crippen LogP contribution in [-0.4, -0.2) is 23.9 Å². The molecule has 1 atom stereocenters. The van der Waals surface area contributed by atoms with Gasteiger partial charge in [-0.1, -0.05) is 30.7 Å². The maximum atomic E-state index is 11.5. The van der Waals surface area contributed by atoms with E-state index < -0.39 is 0 Å². The molecule has 1 amide bonds. The molecule has 1 aromatic rings. The molecule has 2 rings (SSSR count). The van der Waals surface area contributed by atoms with E-state index >= 15 is 0 Å². The fourth-order valence-electron chi connectivity index (χ4n) is 2.82. The van der Waals surface area contributed by atoms with E-state index in [4.69, 9.17) is 11.6 Å². The van der Waals surface area contributed by atoms with Crippen molar-refractivity contribution in [2.24, 2.45) is 5.41 Å². The summed E-state index contributed by atoms with van der Waals surface area (Å²) >= 11 is 5.90. The summed E-state index contributed by atoms with van der Waals surface area (Å²) < 4.78 is 0. The molecule has 0 spiro atoms. The van der Waals surface area contributed by atoms with E-state index in [1.54, 1.807) is 6.92 Å². The Morgan fingerprint density at radius 3 is 2.67 bits per heavy atom. The molecular weight excluding hydrogens is 246 g/mol. The molecule has 2 nitrogen and oxygen atoms in total. The zero-order chi connectivity index (χ0) is 13.2. The van der Waals surface area contributed by atoms with Crippen LogP contribution in [0.25, 0.3) is 0 Å². The number of piperidine rings is 1. The topological polar surface area (TPSA) is 20.3 Å². The fourth-order valence-corrected chi connectivity index (χ4v) is 2.95. The summed E-state index contributed by atoms with van der Waals surface area (Å²) in [6.07, 6.45) is 3.29. The van der Waals surface area contributed by atoms with Crippen LogP contribution >= 0.6 is 11.6 Å². The van der Waals surface area contributed by atoms with Crippen LogP contribution < -0.4 is 0 Å². The molecule has 98 valence electrons. The average Bonchev–Trinajstić information content (AvgIpc) is 2.32. The van der Waals surface area contributed by atoms with Gasteiger partial charge in [-0.05, 0) is 42.4 Å². The lowest BCUT2D eigenvalue weighted by Gasteiger charge is -2.40. The second-order valence-electron chi connectivity index (χ2n) is 5.66. The third-order valence-electron chi connectivity index (χ3n) is 3.77. The molecule has 1 unspecified atom stereocenters. The molecule has 1 aromatic carbocycles. The third-order valence-corrected chi connectivity index (χ3v) is 4.02. The predicted octanol–water partition coefficient (Wildman–Crippen LogP) is 3.53. The van der Waals surface area contributed by atoms with Gasteiger partial charge in [0.25, 0.3) is 0 Å². The van der Waals surface area contributed by atoms with Gasteiger partial charge in [-0.3, -0.25) is 4.79 Å². The smallest absolute Gasteiger partial charge is 0.219 e. The van der Waals surface area contributed by atoms with Crippen LogP contribution in [0.4, 0.5) is 0 Å². The number of benzene rings is 1. The van der Waals surface area contributed by atoms with Gasteiger partial charge in [0.2, 0.25) is 5.91 Å². The van der Waals surface area contributed by atoms with Gasteiger partial charge < -0.3 is 4.90 Å². The largest absolute Gasteiger partial charge is 0.342 e. The third kappa shape index (κ3) is 3.26. The van der Waals surface area contributed by atoms with Gasteiger partial charge in [0.15, 0.2) is 0 Å². The number of rotatable bonds is 2. The highest BCUT2D eigenvalue weighted by atomic mass is 35.5. The average molecular weight is 266 g/mol. The number of likely N-dealkylation sites (tertiary alicyclic amines) is 1. The number of amides is 1. The molecule has 3 heteroatoms. The zero-order valence-corrected chi connectivity index (χ0v) is 11.8. The number of carbonyl (C=O) groups excluding carboxylic acids is 1. The first-order valence-corrected chi connectivity index (χ1v) is 6.86. The van der Waals surface area contributed by atoms with Gasteiger partial charge in [0, 0.05) is 25.0 Å². The molecule has 0 saturated carbocycles. The number of hydrogen-bond donors (Lipinski definition) is 0. The summed E-state index contributed by atoms with van der Waals surface area (Å²) in [5, 5.41) is 0.776. The van der Waals surface area contributed by atoms with E-state index in [0.717, 1.165) is 31.0 Å². The Kier molecular flexibility index (Phi) is 3.96. The predicted molar refractivity (Wildman–Crippen MR) is 74.8 cm³/mol. The van der Waals surface area contributed by atoms with Gasteiger partial charge in [0.05, 0.1) is 0 Å². The van der Waals surface area contributed by atoms with Crippen LogP contribution in [0.15, 0.2) is 24.3 Å². The van der Waals surface area contributed by atoms with Crippen molar-refractivity contribution >= 4 is 17.5 Å². The Balaban J connectivity index is 2.06. The molecule has 0 radical (unpaired) electrons. The highest BCUT2D eigenvalue weighted by Gasteiger charge is 2.32. The number of hydrogen-bond acceptors (Lipinski definition) is 1. The fraction of sp³-hybridized carbons (Fsp3) is 0.533. The van der Waals surface area contributed by atoms with Crippen LogP contribution in [0.2, 0.25) is 5.02 Å². The summed E-state index contributed by atoms with van der Waals surface area (Å²) in [4.78, 5) is 13.5. The zero-order valence-electron chi connectivity index (χ0n) is 11.1. The van der Waals surface area contributed by atoms with Crippen molar-refractivity contribution in [3.8, 4) is 0 Å². The van der Waals surface area contributed by atoms with Gasteiger partial charge >= 0.3 is 0 Å². The summed E-state index contributed by atoms with van der Waals surface area (Å²) in [5.74, 6) is 0.192. The first-order valence-electron chi connectivity index (χ1n) is 6.48.